The van der Waals surface area contributed by atoms with Crippen molar-refractivity contribution in [3.63, 3.8) is 0 Å². The van der Waals surface area contributed by atoms with Gasteiger partial charge in [0.05, 0.1) is 18.4 Å². The topological polar surface area (TPSA) is 67.2 Å². The number of rotatable bonds is 5. The van der Waals surface area contributed by atoms with Gasteiger partial charge in [-0.1, -0.05) is 17.7 Å². The summed E-state index contributed by atoms with van der Waals surface area (Å²) in [6.45, 7) is 2.72. The molecule has 1 rings (SSSR count). The minimum absolute atomic E-state index is 0.0738. The molecule has 0 saturated heterocycles. The fraction of sp³-hybridized carbons (Fsp3) is 0.400. The van der Waals surface area contributed by atoms with Crippen LogP contribution < -0.4 is 10.9 Å². The van der Waals surface area contributed by atoms with E-state index in [0.29, 0.717) is 0 Å². The van der Waals surface area contributed by atoms with Crippen LogP contribution in [0.2, 0.25) is 5.02 Å². The second-order valence-corrected chi connectivity index (χ2v) is 3.96. The van der Waals surface area contributed by atoms with Gasteiger partial charge in [0.15, 0.2) is 6.10 Å². The first-order valence-corrected chi connectivity index (χ1v) is 5.50. The molecule has 1 unspecified atom stereocenters. The molecule has 1 heterocycles. The van der Waals surface area contributed by atoms with Gasteiger partial charge >= 0.3 is 6.18 Å². The summed E-state index contributed by atoms with van der Waals surface area (Å²) in [6, 6.07) is 0. The maximum atomic E-state index is 12.1. The lowest BCUT2D eigenvalue weighted by Crippen LogP contribution is -2.35. The number of alkyl halides is 3. The van der Waals surface area contributed by atoms with Gasteiger partial charge in [-0.2, -0.15) is 18.3 Å². The van der Waals surface area contributed by atoms with Crippen LogP contribution in [-0.4, -0.2) is 33.7 Å². The van der Waals surface area contributed by atoms with Crippen LogP contribution in [0, 0.1) is 0 Å². The number of hydrogen-bond acceptors (Lipinski definition) is 4. The number of anilines is 1. The molecule has 1 aromatic rings. The molecule has 0 radical (unpaired) electrons. The molecule has 0 spiro atoms. The predicted octanol–water partition coefficient (Wildman–Crippen LogP) is 1.42. The van der Waals surface area contributed by atoms with Crippen LogP contribution in [0.5, 0.6) is 0 Å². The molecule has 0 aliphatic carbocycles. The average Bonchev–Trinajstić information content (AvgIpc) is 2.32. The zero-order chi connectivity index (χ0) is 14.6. The van der Waals surface area contributed by atoms with Crippen LogP contribution in [0.15, 0.2) is 23.6 Å². The van der Waals surface area contributed by atoms with Crippen molar-refractivity contribution in [3.05, 3.63) is 34.2 Å². The van der Waals surface area contributed by atoms with E-state index >= 15 is 0 Å². The van der Waals surface area contributed by atoms with Crippen molar-refractivity contribution >= 4 is 17.3 Å². The maximum Gasteiger partial charge on any atom is 0.416 e. The summed E-state index contributed by atoms with van der Waals surface area (Å²) in [5.74, 6) is 0. The Hall–Kier alpha value is -1.54. The minimum atomic E-state index is -4.75. The standard InChI is InChI=1S/C10H11ClF3N3O2/c1-2-3-17-9(19)8(11)6(4-16-17)15-5-7(18)10(12,13)14/h2,4,7,15,18H,1,3,5H2. The van der Waals surface area contributed by atoms with Crippen LogP contribution >= 0.6 is 11.6 Å². The van der Waals surface area contributed by atoms with Gasteiger partial charge in [-0.05, 0) is 0 Å². The molecule has 1 aromatic heterocycles. The van der Waals surface area contributed by atoms with Crippen molar-refractivity contribution in [1.82, 2.24) is 9.78 Å². The van der Waals surface area contributed by atoms with Crippen molar-refractivity contribution < 1.29 is 18.3 Å². The molecule has 0 aromatic carbocycles. The van der Waals surface area contributed by atoms with Gasteiger partial charge in [0, 0.05) is 6.54 Å². The van der Waals surface area contributed by atoms with E-state index in [0.717, 1.165) is 10.9 Å². The van der Waals surface area contributed by atoms with E-state index in [9.17, 15) is 18.0 Å². The smallest absolute Gasteiger partial charge is 0.382 e. The number of nitrogens with zero attached hydrogens (tertiary/aromatic N) is 2. The van der Waals surface area contributed by atoms with Gasteiger partial charge in [0.2, 0.25) is 0 Å². The van der Waals surface area contributed by atoms with Gasteiger partial charge in [-0.3, -0.25) is 4.79 Å². The number of aliphatic hydroxyl groups is 1. The zero-order valence-corrected chi connectivity index (χ0v) is 10.4. The molecule has 0 aliphatic heterocycles. The summed E-state index contributed by atoms with van der Waals surface area (Å²) in [7, 11) is 0. The molecule has 0 aliphatic rings. The van der Waals surface area contributed by atoms with E-state index in [-0.39, 0.29) is 17.3 Å². The summed E-state index contributed by atoms with van der Waals surface area (Å²) < 4.78 is 37.2. The summed E-state index contributed by atoms with van der Waals surface area (Å²) in [5, 5.41) is 14.4. The third kappa shape index (κ3) is 3.97. The summed E-state index contributed by atoms with van der Waals surface area (Å²) in [4.78, 5) is 11.6. The van der Waals surface area contributed by atoms with E-state index < -0.39 is 24.4 Å². The first-order chi connectivity index (χ1) is 8.77. The molecule has 19 heavy (non-hydrogen) atoms. The summed E-state index contributed by atoms with van der Waals surface area (Å²) >= 11 is 5.70. The van der Waals surface area contributed by atoms with Crippen molar-refractivity contribution in [1.29, 1.82) is 0 Å². The highest BCUT2D eigenvalue weighted by Gasteiger charge is 2.37. The van der Waals surface area contributed by atoms with E-state index in [1.165, 1.54) is 6.08 Å². The van der Waals surface area contributed by atoms with Crippen LogP contribution in [0.25, 0.3) is 0 Å². The third-order valence-electron chi connectivity index (χ3n) is 2.15. The number of allylic oxidation sites excluding steroid dienone is 1. The van der Waals surface area contributed by atoms with Crippen molar-refractivity contribution in [2.24, 2.45) is 0 Å². The van der Waals surface area contributed by atoms with Crippen LogP contribution in [0.4, 0.5) is 18.9 Å². The number of aromatic nitrogens is 2. The van der Waals surface area contributed by atoms with Gasteiger partial charge in [-0.25, -0.2) is 4.68 Å². The summed E-state index contributed by atoms with van der Waals surface area (Å²) in [5.41, 5.74) is -0.733. The average molecular weight is 298 g/mol. The molecular weight excluding hydrogens is 287 g/mol. The quantitative estimate of drug-likeness (QED) is 0.807. The number of hydrogen-bond donors (Lipinski definition) is 2. The van der Waals surface area contributed by atoms with Crippen LogP contribution in [-0.2, 0) is 6.54 Å². The fourth-order valence-electron chi connectivity index (χ4n) is 1.16. The predicted molar refractivity (Wildman–Crippen MR) is 64.3 cm³/mol. The van der Waals surface area contributed by atoms with Crippen molar-refractivity contribution in [2.45, 2.75) is 18.8 Å². The lowest BCUT2D eigenvalue weighted by molar-refractivity contribution is -0.198. The highest BCUT2D eigenvalue weighted by Crippen LogP contribution is 2.21. The molecule has 9 heteroatoms. The lowest BCUT2D eigenvalue weighted by atomic mass is 10.3. The molecule has 0 bridgehead atoms. The highest BCUT2D eigenvalue weighted by molar-refractivity contribution is 6.32. The zero-order valence-electron chi connectivity index (χ0n) is 9.62. The molecular formula is C10H11ClF3N3O2. The first kappa shape index (κ1) is 15.5. The SMILES string of the molecule is C=CCn1ncc(NCC(O)C(F)(F)F)c(Cl)c1=O. The second kappa shape index (κ2) is 6.07. The van der Waals surface area contributed by atoms with Crippen LogP contribution in [0.3, 0.4) is 0 Å². The van der Waals surface area contributed by atoms with E-state index in [1.54, 1.807) is 0 Å². The van der Waals surface area contributed by atoms with Gasteiger partial charge in [0.1, 0.15) is 5.02 Å². The fourth-order valence-corrected chi connectivity index (χ4v) is 1.38. The Balaban J connectivity index is 2.84. The Morgan fingerprint density at radius 3 is 2.79 bits per heavy atom. The van der Waals surface area contributed by atoms with E-state index in [4.69, 9.17) is 16.7 Å². The number of nitrogens with one attached hydrogen (secondary N) is 1. The first-order valence-electron chi connectivity index (χ1n) is 5.12. The van der Waals surface area contributed by atoms with Crippen LogP contribution in [0.1, 0.15) is 0 Å². The van der Waals surface area contributed by atoms with E-state index in [1.807, 2.05) is 0 Å². The largest absolute Gasteiger partial charge is 0.416 e. The molecule has 0 fully saturated rings. The van der Waals surface area contributed by atoms with Gasteiger partial charge < -0.3 is 10.4 Å². The van der Waals surface area contributed by atoms with Gasteiger partial charge in [0.25, 0.3) is 5.56 Å². The number of aliphatic hydroxyl groups excluding tert-OH is 1. The molecule has 0 saturated carbocycles. The molecule has 106 valence electrons. The highest BCUT2D eigenvalue weighted by atomic mass is 35.5. The normalized spacial score (nSPS) is 13.1. The van der Waals surface area contributed by atoms with Crippen molar-refractivity contribution in [3.8, 4) is 0 Å². The Labute approximate surface area is 111 Å². The van der Waals surface area contributed by atoms with Gasteiger partial charge in [-0.15, -0.1) is 6.58 Å². The third-order valence-corrected chi connectivity index (χ3v) is 2.52. The van der Waals surface area contributed by atoms with Crippen molar-refractivity contribution in [2.75, 3.05) is 11.9 Å². The molecule has 0 amide bonds. The number of halogens is 4. The summed E-state index contributed by atoms with van der Waals surface area (Å²) in [6.07, 6.45) is -4.77. The lowest BCUT2D eigenvalue weighted by Gasteiger charge is -2.16. The Kier molecular flexibility index (Phi) is 4.96. The Morgan fingerprint density at radius 2 is 2.26 bits per heavy atom. The Bertz CT molecular complexity index is 516. The minimum Gasteiger partial charge on any atom is -0.382 e. The molecule has 5 nitrogen and oxygen atoms in total. The second-order valence-electron chi connectivity index (χ2n) is 3.59. The monoisotopic (exact) mass is 297 g/mol. The Morgan fingerprint density at radius 1 is 1.63 bits per heavy atom. The molecule has 1 atom stereocenters. The molecule has 2 N–H and O–H groups in total. The maximum absolute atomic E-state index is 12.1. The van der Waals surface area contributed by atoms with E-state index in [2.05, 4.69) is 17.0 Å².